The van der Waals surface area contributed by atoms with Crippen LogP contribution < -0.4 is 0 Å². The van der Waals surface area contributed by atoms with Crippen LogP contribution in [0.4, 0.5) is 0 Å². The predicted molar refractivity (Wildman–Crippen MR) is 69.3 cm³/mol. The van der Waals surface area contributed by atoms with Crippen molar-refractivity contribution in [1.29, 1.82) is 0 Å². The van der Waals surface area contributed by atoms with Gasteiger partial charge >= 0.3 is 5.97 Å². The Balaban J connectivity index is 2.93. The Morgan fingerprint density at radius 2 is 2.19 bits per heavy atom. The molecule has 0 N–H and O–H groups in total. The van der Waals surface area contributed by atoms with Gasteiger partial charge < -0.3 is 4.74 Å². The summed E-state index contributed by atoms with van der Waals surface area (Å²) in [5, 5.41) is 0.948. The monoisotopic (exact) mass is 284 g/mol. The Morgan fingerprint density at radius 1 is 1.44 bits per heavy atom. The standard InChI is InChI=1S/C13H17BrO2/c1-3-16-13(15)12-9-10(2)6-7-11(12)5-4-8-14/h6-7,9H,3-5,8H2,1-2H3. The first-order valence-electron chi connectivity index (χ1n) is 5.51. The van der Waals surface area contributed by atoms with Crippen molar-refractivity contribution in [2.24, 2.45) is 0 Å². The molecule has 0 aliphatic rings. The number of carbonyl (C=O) groups excluding carboxylic acids is 1. The van der Waals surface area contributed by atoms with Crippen molar-refractivity contribution in [3.8, 4) is 0 Å². The number of halogens is 1. The molecular formula is C13H17BrO2. The lowest BCUT2D eigenvalue weighted by molar-refractivity contribution is 0.0525. The largest absolute Gasteiger partial charge is 0.462 e. The van der Waals surface area contributed by atoms with Crippen molar-refractivity contribution in [3.63, 3.8) is 0 Å². The summed E-state index contributed by atoms with van der Waals surface area (Å²) >= 11 is 3.40. The lowest BCUT2D eigenvalue weighted by Crippen LogP contribution is -2.08. The van der Waals surface area contributed by atoms with E-state index in [1.807, 2.05) is 32.0 Å². The van der Waals surface area contributed by atoms with E-state index in [0.29, 0.717) is 12.2 Å². The first-order valence-corrected chi connectivity index (χ1v) is 6.63. The number of hydrogen-bond acceptors (Lipinski definition) is 2. The number of esters is 1. The number of benzene rings is 1. The zero-order valence-corrected chi connectivity index (χ0v) is 11.3. The Morgan fingerprint density at radius 3 is 2.81 bits per heavy atom. The van der Waals surface area contributed by atoms with Crippen LogP contribution in [0.2, 0.25) is 0 Å². The fourth-order valence-electron chi connectivity index (χ4n) is 1.56. The van der Waals surface area contributed by atoms with E-state index in [2.05, 4.69) is 15.9 Å². The molecule has 1 rings (SSSR count). The quantitative estimate of drug-likeness (QED) is 0.611. The third kappa shape index (κ3) is 3.63. The summed E-state index contributed by atoms with van der Waals surface area (Å²) in [5.41, 5.74) is 2.87. The minimum atomic E-state index is -0.212. The number of rotatable bonds is 5. The highest BCUT2D eigenvalue weighted by molar-refractivity contribution is 9.09. The van der Waals surface area contributed by atoms with Crippen molar-refractivity contribution in [3.05, 3.63) is 34.9 Å². The summed E-state index contributed by atoms with van der Waals surface area (Å²) < 4.78 is 5.05. The molecule has 0 aromatic heterocycles. The average Bonchev–Trinajstić information content (AvgIpc) is 2.27. The molecule has 0 amide bonds. The van der Waals surface area contributed by atoms with E-state index in [-0.39, 0.29) is 5.97 Å². The van der Waals surface area contributed by atoms with Crippen molar-refractivity contribution in [1.82, 2.24) is 0 Å². The van der Waals surface area contributed by atoms with Gasteiger partial charge in [0.15, 0.2) is 0 Å². The summed E-state index contributed by atoms with van der Waals surface area (Å²) in [6.45, 7) is 4.23. The first kappa shape index (κ1) is 13.2. The van der Waals surface area contributed by atoms with Crippen LogP contribution >= 0.6 is 15.9 Å². The van der Waals surface area contributed by atoms with Gasteiger partial charge in [0.1, 0.15) is 0 Å². The molecule has 0 saturated heterocycles. The van der Waals surface area contributed by atoms with Crippen molar-refractivity contribution in [2.75, 3.05) is 11.9 Å². The number of carbonyl (C=O) groups is 1. The molecule has 0 aliphatic heterocycles. The second kappa shape index (κ2) is 6.69. The van der Waals surface area contributed by atoms with Crippen molar-refractivity contribution in [2.45, 2.75) is 26.7 Å². The van der Waals surface area contributed by atoms with Gasteiger partial charge in [-0.3, -0.25) is 0 Å². The lowest BCUT2D eigenvalue weighted by Gasteiger charge is -2.09. The van der Waals surface area contributed by atoms with E-state index in [1.54, 1.807) is 0 Å². The molecule has 0 saturated carbocycles. The van der Waals surface area contributed by atoms with E-state index in [1.165, 1.54) is 0 Å². The number of aryl methyl sites for hydroxylation is 2. The summed E-state index contributed by atoms with van der Waals surface area (Å²) in [4.78, 5) is 11.7. The molecule has 0 heterocycles. The van der Waals surface area contributed by atoms with E-state index in [0.717, 1.165) is 29.3 Å². The molecule has 2 nitrogen and oxygen atoms in total. The number of ether oxygens (including phenoxy) is 1. The molecule has 0 aliphatic carbocycles. The number of hydrogen-bond donors (Lipinski definition) is 0. The van der Waals surface area contributed by atoms with Gasteiger partial charge in [-0.15, -0.1) is 0 Å². The van der Waals surface area contributed by atoms with Gasteiger partial charge in [-0.05, 0) is 38.3 Å². The second-order valence-corrected chi connectivity index (χ2v) is 4.47. The van der Waals surface area contributed by atoms with Gasteiger partial charge in [0, 0.05) is 5.33 Å². The van der Waals surface area contributed by atoms with E-state index in [9.17, 15) is 4.79 Å². The Hall–Kier alpha value is -0.830. The molecule has 0 spiro atoms. The molecule has 3 heteroatoms. The summed E-state index contributed by atoms with van der Waals surface area (Å²) in [7, 11) is 0. The number of alkyl halides is 1. The SMILES string of the molecule is CCOC(=O)c1cc(C)ccc1CCCBr. The fourth-order valence-corrected chi connectivity index (χ4v) is 1.84. The van der Waals surface area contributed by atoms with Crippen LogP contribution in [0.15, 0.2) is 18.2 Å². The van der Waals surface area contributed by atoms with Crippen molar-refractivity contribution >= 4 is 21.9 Å². The zero-order chi connectivity index (χ0) is 12.0. The van der Waals surface area contributed by atoms with Gasteiger partial charge in [0.2, 0.25) is 0 Å². The molecule has 16 heavy (non-hydrogen) atoms. The predicted octanol–water partition coefficient (Wildman–Crippen LogP) is 3.50. The smallest absolute Gasteiger partial charge is 0.338 e. The molecule has 0 atom stereocenters. The molecule has 0 radical (unpaired) electrons. The minimum absolute atomic E-state index is 0.212. The summed E-state index contributed by atoms with van der Waals surface area (Å²) in [6, 6.07) is 5.96. The molecule has 0 unspecified atom stereocenters. The molecule has 1 aromatic rings. The van der Waals surface area contributed by atoms with E-state index < -0.39 is 0 Å². The fraction of sp³-hybridized carbons (Fsp3) is 0.462. The topological polar surface area (TPSA) is 26.3 Å². The van der Waals surface area contributed by atoms with Crippen LogP contribution in [0.1, 0.15) is 34.8 Å². The maximum absolute atomic E-state index is 11.7. The van der Waals surface area contributed by atoms with Crippen molar-refractivity contribution < 1.29 is 9.53 Å². The van der Waals surface area contributed by atoms with Gasteiger partial charge in [0.05, 0.1) is 12.2 Å². The Labute approximate surface area is 105 Å². The highest BCUT2D eigenvalue weighted by Gasteiger charge is 2.12. The highest BCUT2D eigenvalue weighted by atomic mass is 79.9. The Kier molecular flexibility index (Phi) is 5.53. The molecule has 0 fully saturated rings. The molecule has 1 aromatic carbocycles. The second-order valence-electron chi connectivity index (χ2n) is 3.67. The van der Waals surface area contributed by atoms with Gasteiger partial charge in [-0.2, -0.15) is 0 Å². The minimum Gasteiger partial charge on any atom is -0.462 e. The van der Waals surface area contributed by atoms with Gasteiger partial charge in [-0.25, -0.2) is 4.79 Å². The van der Waals surface area contributed by atoms with Crippen LogP contribution in [0.25, 0.3) is 0 Å². The van der Waals surface area contributed by atoms with Crippen LogP contribution in [-0.2, 0) is 11.2 Å². The third-order valence-electron chi connectivity index (χ3n) is 2.34. The van der Waals surface area contributed by atoms with Crippen LogP contribution in [0, 0.1) is 6.92 Å². The Bertz CT molecular complexity index is 361. The maximum Gasteiger partial charge on any atom is 0.338 e. The molecule has 0 bridgehead atoms. The van der Waals surface area contributed by atoms with Crippen LogP contribution in [0.3, 0.4) is 0 Å². The lowest BCUT2D eigenvalue weighted by atomic mass is 10.0. The molecule has 88 valence electrons. The average molecular weight is 285 g/mol. The third-order valence-corrected chi connectivity index (χ3v) is 2.90. The highest BCUT2D eigenvalue weighted by Crippen LogP contribution is 2.15. The van der Waals surface area contributed by atoms with E-state index >= 15 is 0 Å². The summed E-state index contributed by atoms with van der Waals surface area (Å²) in [6.07, 6.45) is 1.93. The van der Waals surface area contributed by atoms with E-state index in [4.69, 9.17) is 4.74 Å². The van der Waals surface area contributed by atoms with Gasteiger partial charge in [0.25, 0.3) is 0 Å². The zero-order valence-electron chi connectivity index (χ0n) is 9.75. The van der Waals surface area contributed by atoms with Crippen LogP contribution in [-0.4, -0.2) is 17.9 Å². The summed E-state index contributed by atoms with van der Waals surface area (Å²) in [5.74, 6) is -0.212. The first-order chi connectivity index (χ1) is 7.69. The van der Waals surface area contributed by atoms with Crippen LogP contribution in [0.5, 0.6) is 0 Å². The van der Waals surface area contributed by atoms with Gasteiger partial charge in [-0.1, -0.05) is 33.6 Å². The molecular weight excluding hydrogens is 268 g/mol. The maximum atomic E-state index is 11.7. The normalized spacial score (nSPS) is 10.2.